The van der Waals surface area contributed by atoms with Gasteiger partial charge in [0, 0.05) is 12.1 Å². The lowest BCUT2D eigenvalue weighted by molar-refractivity contribution is 0.0952. The van der Waals surface area contributed by atoms with Crippen LogP contribution in [0.1, 0.15) is 85.7 Å². The minimum Gasteiger partial charge on any atom is -0.388 e. The van der Waals surface area contributed by atoms with Gasteiger partial charge in [-0.25, -0.2) is 8.42 Å². The maximum absolute atomic E-state index is 12.8. The van der Waals surface area contributed by atoms with Crippen LogP contribution in [0.5, 0.6) is 0 Å². The van der Waals surface area contributed by atoms with E-state index >= 15 is 0 Å². The molecule has 30 heavy (non-hydrogen) atoms. The van der Waals surface area contributed by atoms with Crippen LogP contribution >= 0.6 is 23.1 Å². The summed E-state index contributed by atoms with van der Waals surface area (Å²) in [6.07, 6.45) is 9.11. The molecule has 1 aromatic rings. The first kappa shape index (κ1) is 24.1. The molecule has 0 bridgehead atoms. The number of thioether (sulfide) groups is 1. The van der Waals surface area contributed by atoms with Crippen LogP contribution in [0.3, 0.4) is 0 Å². The van der Waals surface area contributed by atoms with Crippen molar-refractivity contribution in [3.63, 3.8) is 0 Å². The average Bonchev–Trinajstić information content (AvgIpc) is 3.09. The Morgan fingerprint density at radius 1 is 1.20 bits per heavy atom. The van der Waals surface area contributed by atoms with Crippen LogP contribution in [0, 0.1) is 11.8 Å². The van der Waals surface area contributed by atoms with Crippen LogP contribution in [0.25, 0.3) is 0 Å². The van der Waals surface area contributed by atoms with Crippen molar-refractivity contribution in [1.29, 1.82) is 0 Å². The van der Waals surface area contributed by atoms with E-state index in [9.17, 15) is 18.3 Å². The maximum atomic E-state index is 12.8. The fourth-order valence-electron chi connectivity index (χ4n) is 4.67. The van der Waals surface area contributed by atoms with Crippen molar-refractivity contribution in [1.82, 2.24) is 5.32 Å². The Morgan fingerprint density at radius 2 is 1.87 bits per heavy atom. The molecule has 1 aromatic heterocycles. The molecule has 1 fully saturated rings. The summed E-state index contributed by atoms with van der Waals surface area (Å²) in [5, 5.41) is 13.2. The van der Waals surface area contributed by atoms with E-state index in [1.165, 1.54) is 11.3 Å². The van der Waals surface area contributed by atoms with Crippen LogP contribution in [0.2, 0.25) is 0 Å². The highest BCUT2D eigenvalue weighted by Gasteiger charge is 2.30. The summed E-state index contributed by atoms with van der Waals surface area (Å²) in [5.74, 6) is 1.16. The average molecular weight is 474 g/mol. The fraction of sp³-hybridized carbons (Fsp3) is 0.773. The topological polar surface area (TPSA) is 83.5 Å². The summed E-state index contributed by atoms with van der Waals surface area (Å²) in [5.41, 5.74) is 2.03. The van der Waals surface area contributed by atoms with Crippen LogP contribution in [-0.2, 0) is 16.3 Å². The van der Waals surface area contributed by atoms with Gasteiger partial charge in [0.15, 0.2) is 9.84 Å². The number of thiophene rings is 1. The van der Waals surface area contributed by atoms with Gasteiger partial charge in [-0.15, -0.1) is 23.1 Å². The lowest BCUT2D eigenvalue weighted by atomic mass is 9.81. The highest BCUT2D eigenvalue weighted by atomic mass is 32.2. The summed E-state index contributed by atoms with van der Waals surface area (Å²) in [6.45, 7) is 4.18. The van der Waals surface area contributed by atoms with E-state index in [2.05, 4.69) is 5.32 Å². The molecule has 0 radical (unpaired) electrons. The van der Waals surface area contributed by atoms with Gasteiger partial charge < -0.3 is 10.4 Å². The number of fused-ring (bicyclic) bond motifs is 1. The lowest BCUT2D eigenvalue weighted by Gasteiger charge is -2.28. The molecule has 5 nitrogen and oxygen atoms in total. The van der Waals surface area contributed by atoms with Gasteiger partial charge in [-0.3, -0.25) is 4.79 Å². The predicted molar refractivity (Wildman–Crippen MR) is 125 cm³/mol. The molecule has 170 valence electrons. The molecule has 1 unspecified atom stereocenters. The second-order valence-corrected chi connectivity index (χ2v) is 13.7. The Balaban J connectivity index is 1.47. The second-order valence-electron chi connectivity index (χ2n) is 9.03. The first-order valence-corrected chi connectivity index (χ1v) is 14.9. The van der Waals surface area contributed by atoms with Crippen molar-refractivity contribution >= 4 is 38.8 Å². The van der Waals surface area contributed by atoms with Crippen molar-refractivity contribution in [3.8, 4) is 0 Å². The molecule has 0 aliphatic heterocycles. The van der Waals surface area contributed by atoms with Crippen LogP contribution < -0.4 is 5.32 Å². The summed E-state index contributed by atoms with van der Waals surface area (Å²) >= 11 is 3.13. The number of rotatable bonds is 8. The molecule has 1 amide bonds. The van der Waals surface area contributed by atoms with Gasteiger partial charge in [-0.2, -0.15) is 0 Å². The molecule has 1 saturated carbocycles. The van der Waals surface area contributed by atoms with Crippen molar-refractivity contribution in [2.24, 2.45) is 11.8 Å². The summed E-state index contributed by atoms with van der Waals surface area (Å²) in [4.78, 5) is 13.6. The molecule has 0 spiro atoms. The standard InChI is InChI=1S/C22H35NO4S3/c1-14(2)30(26,27)13-16-9-7-15(8-10-16)11-12-23-21(25)20-17-5-4-6-18(24)19(17)22(28-3)29-20/h14-16,18,24H,4-13H2,1-3H3,(H,23,25). The van der Waals surface area contributed by atoms with E-state index in [0.29, 0.717) is 18.2 Å². The quantitative estimate of drug-likeness (QED) is 0.540. The first-order valence-electron chi connectivity index (χ1n) is 11.1. The Hall–Kier alpha value is -0.570. The van der Waals surface area contributed by atoms with E-state index < -0.39 is 15.9 Å². The Morgan fingerprint density at radius 3 is 2.50 bits per heavy atom. The monoisotopic (exact) mass is 473 g/mol. The molecular formula is C22H35NO4S3. The minimum atomic E-state index is -2.96. The lowest BCUT2D eigenvalue weighted by Crippen LogP contribution is -2.29. The van der Waals surface area contributed by atoms with Gasteiger partial charge in [0.1, 0.15) is 0 Å². The molecule has 2 N–H and O–H groups in total. The molecule has 2 aliphatic carbocycles. The van der Waals surface area contributed by atoms with Gasteiger partial charge in [0.25, 0.3) is 5.91 Å². The zero-order valence-corrected chi connectivity index (χ0v) is 20.7. The van der Waals surface area contributed by atoms with Crippen molar-refractivity contribution in [2.45, 2.75) is 80.8 Å². The van der Waals surface area contributed by atoms with E-state index in [1.807, 2.05) is 6.26 Å². The summed E-state index contributed by atoms with van der Waals surface area (Å²) in [6, 6.07) is 0. The van der Waals surface area contributed by atoms with Crippen LogP contribution in [0.4, 0.5) is 0 Å². The number of amides is 1. The summed E-state index contributed by atoms with van der Waals surface area (Å²) in [7, 11) is -2.96. The maximum Gasteiger partial charge on any atom is 0.261 e. The Kier molecular flexibility index (Phi) is 8.32. The Labute approximate surface area is 189 Å². The molecule has 8 heteroatoms. The highest BCUT2D eigenvalue weighted by molar-refractivity contribution is 8.00. The number of aliphatic hydroxyl groups excluding tert-OH is 1. The van der Waals surface area contributed by atoms with Gasteiger partial charge in [-0.05, 0) is 76.0 Å². The van der Waals surface area contributed by atoms with Crippen molar-refractivity contribution in [3.05, 3.63) is 16.0 Å². The number of sulfone groups is 1. The van der Waals surface area contributed by atoms with Gasteiger partial charge in [0.2, 0.25) is 0 Å². The summed E-state index contributed by atoms with van der Waals surface area (Å²) < 4.78 is 25.4. The highest BCUT2D eigenvalue weighted by Crippen LogP contribution is 2.43. The third-order valence-electron chi connectivity index (χ3n) is 6.63. The molecule has 1 heterocycles. The predicted octanol–water partition coefficient (Wildman–Crippen LogP) is 4.59. The van der Waals surface area contributed by atoms with Crippen molar-refractivity contribution in [2.75, 3.05) is 18.6 Å². The normalized spacial score (nSPS) is 24.6. The number of aliphatic hydroxyl groups is 1. The molecular weight excluding hydrogens is 438 g/mol. The number of nitrogens with one attached hydrogen (secondary N) is 1. The van der Waals surface area contributed by atoms with Gasteiger partial charge in [0.05, 0.1) is 26.2 Å². The van der Waals surface area contributed by atoms with Gasteiger partial charge >= 0.3 is 0 Å². The number of hydrogen-bond acceptors (Lipinski definition) is 6. The molecule has 0 saturated heterocycles. The fourth-order valence-corrected chi connectivity index (χ4v) is 8.16. The third kappa shape index (κ3) is 5.61. The van der Waals surface area contributed by atoms with E-state index in [4.69, 9.17) is 0 Å². The zero-order valence-electron chi connectivity index (χ0n) is 18.3. The number of carbonyl (C=O) groups is 1. The van der Waals surface area contributed by atoms with Crippen LogP contribution in [0.15, 0.2) is 4.21 Å². The SMILES string of the molecule is CSc1sc(C(=O)NCCC2CCC(CS(=O)(=O)C(C)C)CC2)c2c1C(O)CCC2. The first-order chi connectivity index (χ1) is 14.2. The van der Waals surface area contributed by atoms with Gasteiger partial charge in [-0.1, -0.05) is 12.8 Å². The molecule has 2 aliphatic rings. The largest absolute Gasteiger partial charge is 0.388 e. The minimum absolute atomic E-state index is 0.0117. The Bertz CT molecular complexity index is 839. The molecule has 3 rings (SSSR count). The number of hydrogen-bond donors (Lipinski definition) is 2. The second kappa shape index (κ2) is 10.4. The van der Waals surface area contributed by atoms with Crippen molar-refractivity contribution < 1.29 is 18.3 Å². The van der Waals surface area contributed by atoms with E-state index in [-0.39, 0.29) is 17.1 Å². The smallest absolute Gasteiger partial charge is 0.261 e. The van der Waals surface area contributed by atoms with E-state index in [0.717, 1.165) is 71.6 Å². The van der Waals surface area contributed by atoms with Crippen LogP contribution in [-0.4, -0.2) is 43.2 Å². The zero-order chi connectivity index (χ0) is 21.9. The van der Waals surface area contributed by atoms with E-state index in [1.54, 1.807) is 25.6 Å². The third-order valence-corrected chi connectivity index (χ3v) is 11.4. The molecule has 0 aromatic carbocycles. The molecule has 1 atom stereocenters. The number of carbonyl (C=O) groups excluding carboxylic acids is 1.